The molecule has 0 fully saturated rings. The van der Waals surface area contributed by atoms with Gasteiger partial charge in [-0.2, -0.15) is 0 Å². The summed E-state index contributed by atoms with van der Waals surface area (Å²) in [5.41, 5.74) is 0.293. The molecule has 1 aliphatic rings. The summed E-state index contributed by atoms with van der Waals surface area (Å²) in [6.07, 6.45) is 0. The number of esters is 1. The van der Waals surface area contributed by atoms with Crippen molar-refractivity contribution in [3.8, 4) is 5.75 Å². The molecule has 0 radical (unpaired) electrons. The molecule has 9 heteroatoms. The average molecular weight is 423 g/mol. The van der Waals surface area contributed by atoms with E-state index in [2.05, 4.69) is 0 Å². The average Bonchev–Trinajstić information content (AvgIpc) is 2.99. The number of amides is 2. The smallest absolute Gasteiger partial charge is 0.345 e. The molecule has 0 saturated carbocycles. The van der Waals surface area contributed by atoms with Crippen LogP contribution in [0.15, 0.2) is 66.7 Å². The van der Waals surface area contributed by atoms with Crippen molar-refractivity contribution in [2.75, 3.05) is 4.90 Å². The van der Waals surface area contributed by atoms with Gasteiger partial charge in [0.05, 0.1) is 32.3 Å². The fraction of sp³-hybridized carbons (Fsp3) is 0. The summed E-state index contributed by atoms with van der Waals surface area (Å²) in [5.74, 6) is -1.85. The quantitative estimate of drug-likeness (QED) is 0.204. The van der Waals surface area contributed by atoms with Gasteiger partial charge in [-0.1, -0.05) is 29.8 Å². The normalized spacial score (nSPS) is 12.6. The fourth-order valence-electron chi connectivity index (χ4n) is 3.06. The number of ether oxygens (including phenoxy) is 1. The number of imide groups is 1. The van der Waals surface area contributed by atoms with E-state index in [9.17, 15) is 24.5 Å². The first-order chi connectivity index (χ1) is 14.4. The van der Waals surface area contributed by atoms with Gasteiger partial charge in [0, 0.05) is 18.2 Å². The second kappa shape index (κ2) is 7.41. The Hall–Kier alpha value is -4.04. The topological polar surface area (TPSA) is 107 Å². The molecule has 0 atom stereocenters. The van der Waals surface area contributed by atoms with Crippen molar-refractivity contribution >= 4 is 40.8 Å². The van der Waals surface area contributed by atoms with Gasteiger partial charge in [-0.3, -0.25) is 19.7 Å². The molecule has 3 aromatic carbocycles. The number of rotatable bonds is 4. The van der Waals surface area contributed by atoms with E-state index in [1.807, 2.05) is 0 Å². The van der Waals surface area contributed by atoms with Crippen molar-refractivity contribution in [2.24, 2.45) is 0 Å². The summed E-state index contributed by atoms with van der Waals surface area (Å²) in [6, 6.07) is 15.7. The van der Waals surface area contributed by atoms with Crippen LogP contribution in [-0.4, -0.2) is 22.7 Å². The van der Waals surface area contributed by atoms with Crippen LogP contribution in [0.2, 0.25) is 5.02 Å². The molecule has 8 nitrogen and oxygen atoms in total. The highest BCUT2D eigenvalue weighted by atomic mass is 35.5. The SMILES string of the molecule is O=C(Oc1cccc(N2C(=O)c3ccccc3C2=O)c1)c1cc([N+](=O)[O-])ccc1Cl. The van der Waals surface area contributed by atoms with Crippen LogP contribution in [0.3, 0.4) is 0 Å². The Bertz CT molecular complexity index is 1200. The van der Waals surface area contributed by atoms with E-state index in [4.69, 9.17) is 16.3 Å². The van der Waals surface area contributed by atoms with Gasteiger partial charge in [0.15, 0.2) is 0 Å². The minimum Gasteiger partial charge on any atom is -0.423 e. The standard InChI is InChI=1S/C21H11ClN2O6/c22-18-9-8-13(24(28)29)11-17(18)21(27)30-14-5-3-4-12(10-14)23-19(25)15-6-1-2-7-16(15)20(23)26/h1-11H. The third-order valence-corrected chi connectivity index (χ3v) is 4.79. The third kappa shape index (κ3) is 3.29. The van der Waals surface area contributed by atoms with Gasteiger partial charge in [-0.25, -0.2) is 9.69 Å². The van der Waals surface area contributed by atoms with Gasteiger partial charge in [0.25, 0.3) is 17.5 Å². The Balaban J connectivity index is 1.62. The van der Waals surface area contributed by atoms with Crippen LogP contribution >= 0.6 is 11.6 Å². The van der Waals surface area contributed by atoms with E-state index >= 15 is 0 Å². The molecule has 2 amide bonds. The minimum atomic E-state index is -0.914. The number of carbonyl (C=O) groups excluding carboxylic acids is 3. The molecule has 0 N–H and O–H groups in total. The zero-order valence-electron chi connectivity index (χ0n) is 15.1. The predicted molar refractivity (Wildman–Crippen MR) is 107 cm³/mol. The molecule has 0 aliphatic carbocycles. The first kappa shape index (κ1) is 19.3. The van der Waals surface area contributed by atoms with Gasteiger partial charge in [-0.15, -0.1) is 0 Å². The first-order valence-corrected chi connectivity index (χ1v) is 8.98. The van der Waals surface area contributed by atoms with Crippen molar-refractivity contribution in [1.29, 1.82) is 0 Å². The van der Waals surface area contributed by atoms with Gasteiger partial charge in [0.1, 0.15) is 5.75 Å². The largest absolute Gasteiger partial charge is 0.423 e. The number of benzene rings is 3. The molecule has 1 heterocycles. The van der Waals surface area contributed by atoms with Crippen molar-refractivity contribution in [1.82, 2.24) is 0 Å². The monoisotopic (exact) mass is 422 g/mol. The van der Waals surface area contributed by atoms with E-state index in [-0.39, 0.29) is 38.8 Å². The van der Waals surface area contributed by atoms with Crippen LogP contribution < -0.4 is 9.64 Å². The zero-order chi connectivity index (χ0) is 21.4. The lowest BCUT2D eigenvalue weighted by Gasteiger charge is -2.15. The predicted octanol–water partition coefficient (Wildman–Crippen LogP) is 4.27. The maximum Gasteiger partial charge on any atom is 0.345 e. The Morgan fingerprint density at radius 3 is 2.23 bits per heavy atom. The lowest BCUT2D eigenvalue weighted by atomic mass is 10.1. The van der Waals surface area contributed by atoms with E-state index < -0.39 is 22.7 Å². The number of fused-ring (bicyclic) bond motifs is 1. The van der Waals surface area contributed by atoms with Crippen molar-refractivity contribution in [2.45, 2.75) is 0 Å². The number of hydrogen-bond acceptors (Lipinski definition) is 6. The van der Waals surface area contributed by atoms with E-state index in [1.165, 1.54) is 36.4 Å². The fourth-order valence-corrected chi connectivity index (χ4v) is 3.25. The number of nitrogens with zero attached hydrogens (tertiary/aromatic N) is 2. The maximum atomic E-state index is 12.6. The molecule has 4 rings (SSSR count). The van der Waals surface area contributed by atoms with E-state index in [1.54, 1.807) is 24.3 Å². The molecule has 3 aromatic rings. The molecule has 0 bridgehead atoms. The van der Waals surface area contributed by atoms with Gasteiger partial charge in [0.2, 0.25) is 0 Å². The van der Waals surface area contributed by atoms with Crippen LogP contribution in [0.1, 0.15) is 31.1 Å². The van der Waals surface area contributed by atoms with Crippen molar-refractivity contribution in [3.63, 3.8) is 0 Å². The lowest BCUT2D eigenvalue weighted by molar-refractivity contribution is -0.384. The van der Waals surface area contributed by atoms with Crippen LogP contribution in [-0.2, 0) is 0 Å². The molecule has 0 saturated heterocycles. The van der Waals surface area contributed by atoms with Crippen LogP contribution in [0.5, 0.6) is 5.75 Å². The third-order valence-electron chi connectivity index (χ3n) is 4.46. The Morgan fingerprint density at radius 2 is 1.60 bits per heavy atom. The van der Waals surface area contributed by atoms with Gasteiger partial charge in [-0.05, 0) is 30.3 Å². The zero-order valence-corrected chi connectivity index (χ0v) is 15.8. The van der Waals surface area contributed by atoms with Crippen LogP contribution in [0.25, 0.3) is 0 Å². The van der Waals surface area contributed by atoms with Gasteiger partial charge < -0.3 is 4.74 Å². The number of hydrogen-bond donors (Lipinski definition) is 0. The molecular weight excluding hydrogens is 412 g/mol. The van der Waals surface area contributed by atoms with Crippen molar-refractivity contribution in [3.05, 3.63) is 98.6 Å². The number of nitro groups is 1. The van der Waals surface area contributed by atoms with Crippen LogP contribution in [0.4, 0.5) is 11.4 Å². The molecule has 148 valence electrons. The number of carbonyl (C=O) groups is 3. The summed E-state index contributed by atoms with van der Waals surface area (Å²) in [5, 5.41) is 10.9. The highest BCUT2D eigenvalue weighted by molar-refractivity contribution is 6.34. The summed E-state index contributed by atoms with van der Waals surface area (Å²) in [7, 11) is 0. The number of non-ortho nitro benzene ring substituents is 1. The second-order valence-electron chi connectivity index (χ2n) is 6.30. The van der Waals surface area contributed by atoms with Crippen molar-refractivity contribution < 1.29 is 24.0 Å². The summed E-state index contributed by atoms with van der Waals surface area (Å²) < 4.78 is 5.27. The summed E-state index contributed by atoms with van der Waals surface area (Å²) in [6.45, 7) is 0. The Labute approximate surface area is 174 Å². The maximum absolute atomic E-state index is 12.6. The Morgan fingerprint density at radius 1 is 0.933 bits per heavy atom. The number of anilines is 1. The second-order valence-corrected chi connectivity index (χ2v) is 6.71. The Kier molecular flexibility index (Phi) is 4.77. The summed E-state index contributed by atoms with van der Waals surface area (Å²) >= 11 is 5.97. The number of halogens is 1. The number of nitro benzene ring substituents is 1. The van der Waals surface area contributed by atoms with E-state index in [0.29, 0.717) is 0 Å². The molecule has 0 unspecified atom stereocenters. The molecule has 0 aromatic heterocycles. The molecular formula is C21H11ClN2O6. The molecule has 0 spiro atoms. The lowest BCUT2D eigenvalue weighted by Crippen LogP contribution is -2.29. The minimum absolute atomic E-state index is 0.0119. The van der Waals surface area contributed by atoms with Crippen LogP contribution in [0, 0.1) is 10.1 Å². The van der Waals surface area contributed by atoms with Gasteiger partial charge >= 0.3 is 5.97 Å². The first-order valence-electron chi connectivity index (χ1n) is 8.61. The molecule has 30 heavy (non-hydrogen) atoms. The molecule has 1 aliphatic heterocycles. The van der Waals surface area contributed by atoms with E-state index in [0.717, 1.165) is 11.0 Å². The highest BCUT2D eigenvalue weighted by Gasteiger charge is 2.36. The summed E-state index contributed by atoms with van der Waals surface area (Å²) in [4.78, 5) is 49.0. The highest BCUT2D eigenvalue weighted by Crippen LogP contribution is 2.31.